The summed E-state index contributed by atoms with van der Waals surface area (Å²) in [4.78, 5) is 13.9. The second-order valence-corrected chi connectivity index (χ2v) is 4.62. The number of hydrogen-bond donors (Lipinski definition) is 0. The van der Waals surface area contributed by atoms with Gasteiger partial charge in [0.15, 0.2) is 0 Å². The van der Waals surface area contributed by atoms with Crippen LogP contribution < -0.4 is 0 Å². The minimum absolute atomic E-state index is 0.0582. The van der Waals surface area contributed by atoms with Gasteiger partial charge in [0, 0.05) is 22.8 Å². The average Bonchev–Trinajstić information content (AvgIpc) is 2.39. The summed E-state index contributed by atoms with van der Waals surface area (Å²) in [6, 6.07) is 10.5. The van der Waals surface area contributed by atoms with Crippen LogP contribution in [0.1, 0.15) is 5.56 Å². The Morgan fingerprint density at radius 3 is 2.53 bits per heavy atom. The lowest BCUT2D eigenvalue weighted by atomic mass is 10.2. The Balaban J connectivity index is 2.29. The topological polar surface area (TPSA) is 55.5 Å². The van der Waals surface area contributed by atoms with Crippen LogP contribution in [0.25, 0.3) is 0 Å². The summed E-state index contributed by atoms with van der Waals surface area (Å²) in [5.41, 5.74) is 0.524. The van der Waals surface area contributed by atoms with E-state index in [0.29, 0.717) is 0 Å². The van der Waals surface area contributed by atoms with E-state index in [1.165, 1.54) is 6.21 Å². The normalized spacial score (nSPS) is 10.8. The summed E-state index contributed by atoms with van der Waals surface area (Å²) >= 11 is 3.30. The zero-order valence-corrected chi connectivity index (χ0v) is 11.2. The van der Waals surface area contributed by atoms with Crippen LogP contribution >= 0.6 is 15.9 Å². The number of nitrogens with zero attached hydrogens (tertiary/aromatic N) is 2. The third-order valence-electron chi connectivity index (χ3n) is 2.36. The van der Waals surface area contributed by atoms with Crippen molar-refractivity contribution >= 4 is 33.5 Å². The molecular weight excluding hydrogens is 315 g/mol. The average molecular weight is 323 g/mol. The van der Waals surface area contributed by atoms with E-state index in [-0.39, 0.29) is 11.4 Å². The monoisotopic (exact) mass is 322 g/mol. The molecule has 0 unspecified atom stereocenters. The summed E-state index contributed by atoms with van der Waals surface area (Å²) in [6.45, 7) is 0. The highest BCUT2D eigenvalue weighted by atomic mass is 79.9. The molecule has 96 valence electrons. The number of hydrogen-bond acceptors (Lipinski definition) is 3. The Morgan fingerprint density at radius 2 is 1.89 bits per heavy atom. The smallest absolute Gasteiger partial charge is 0.258 e. The van der Waals surface area contributed by atoms with Gasteiger partial charge in [0.05, 0.1) is 4.92 Å². The minimum atomic E-state index is -0.598. The fourth-order valence-electron chi connectivity index (χ4n) is 1.41. The van der Waals surface area contributed by atoms with Gasteiger partial charge in [0.1, 0.15) is 11.5 Å². The molecule has 0 spiro atoms. The van der Waals surface area contributed by atoms with Gasteiger partial charge in [0.2, 0.25) is 0 Å². The molecule has 0 heterocycles. The van der Waals surface area contributed by atoms with E-state index in [1.807, 2.05) is 12.1 Å². The number of nitro groups is 1. The largest absolute Gasteiger partial charge is 0.271 e. The summed E-state index contributed by atoms with van der Waals surface area (Å²) < 4.78 is 14.4. The van der Waals surface area contributed by atoms with Crippen LogP contribution in [0.2, 0.25) is 0 Å². The maximum atomic E-state index is 13.5. The Labute approximate surface area is 116 Å². The van der Waals surface area contributed by atoms with Crippen molar-refractivity contribution in [2.75, 3.05) is 0 Å². The van der Waals surface area contributed by atoms with Crippen LogP contribution in [0.3, 0.4) is 0 Å². The third-order valence-corrected chi connectivity index (χ3v) is 2.89. The molecule has 0 fully saturated rings. The van der Waals surface area contributed by atoms with E-state index >= 15 is 0 Å². The zero-order chi connectivity index (χ0) is 13.8. The second-order valence-electron chi connectivity index (χ2n) is 3.70. The standard InChI is InChI=1S/C13H8BrFN2O2/c14-10-3-1-9(2-4-10)8-16-13-7-11(17(18)19)5-6-12(13)15/h1-8H. The van der Waals surface area contributed by atoms with E-state index in [0.717, 1.165) is 28.2 Å². The van der Waals surface area contributed by atoms with Crippen molar-refractivity contribution in [1.82, 2.24) is 0 Å². The van der Waals surface area contributed by atoms with Crippen molar-refractivity contribution in [2.45, 2.75) is 0 Å². The first-order chi connectivity index (χ1) is 9.06. The number of halogens is 2. The van der Waals surface area contributed by atoms with E-state index in [1.54, 1.807) is 12.1 Å². The van der Waals surface area contributed by atoms with Gasteiger partial charge in [-0.2, -0.15) is 0 Å². The molecule has 0 saturated heterocycles. The lowest BCUT2D eigenvalue weighted by Crippen LogP contribution is -1.88. The maximum absolute atomic E-state index is 13.5. The highest BCUT2D eigenvalue weighted by molar-refractivity contribution is 9.10. The summed E-state index contributed by atoms with van der Waals surface area (Å²) in [5, 5.41) is 10.6. The quantitative estimate of drug-likeness (QED) is 0.482. The predicted molar refractivity (Wildman–Crippen MR) is 74.5 cm³/mol. The predicted octanol–water partition coefficient (Wildman–Crippen LogP) is 4.25. The third kappa shape index (κ3) is 3.45. The molecule has 0 aliphatic rings. The molecule has 0 aliphatic carbocycles. The van der Waals surface area contributed by atoms with Gasteiger partial charge < -0.3 is 0 Å². The fraction of sp³-hybridized carbons (Fsp3) is 0. The number of aliphatic imine (C=N–C) groups is 1. The first kappa shape index (κ1) is 13.4. The van der Waals surface area contributed by atoms with E-state index in [2.05, 4.69) is 20.9 Å². The Bertz CT molecular complexity index is 642. The zero-order valence-electron chi connectivity index (χ0n) is 9.59. The van der Waals surface area contributed by atoms with Gasteiger partial charge in [0.25, 0.3) is 5.69 Å². The van der Waals surface area contributed by atoms with Crippen molar-refractivity contribution in [3.05, 3.63) is 68.4 Å². The van der Waals surface area contributed by atoms with Gasteiger partial charge in [-0.05, 0) is 23.8 Å². The molecule has 2 aromatic rings. The van der Waals surface area contributed by atoms with Gasteiger partial charge in [-0.25, -0.2) is 4.39 Å². The summed E-state index contributed by atoms with van der Waals surface area (Å²) in [7, 11) is 0. The van der Waals surface area contributed by atoms with Crippen molar-refractivity contribution in [3.8, 4) is 0 Å². The van der Waals surface area contributed by atoms with Crippen LogP contribution in [-0.2, 0) is 0 Å². The fourth-order valence-corrected chi connectivity index (χ4v) is 1.67. The van der Waals surface area contributed by atoms with Crippen LogP contribution in [0.4, 0.5) is 15.8 Å². The van der Waals surface area contributed by atoms with Crippen LogP contribution in [0, 0.1) is 15.9 Å². The molecule has 0 saturated carbocycles. The van der Waals surface area contributed by atoms with Crippen molar-refractivity contribution in [2.24, 2.45) is 4.99 Å². The molecule has 0 atom stereocenters. The summed E-state index contributed by atoms with van der Waals surface area (Å²) in [6.07, 6.45) is 1.45. The maximum Gasteiger partial charge on any atom is 0.271 e. The van der Waals surface area contributed by atoms with Gasteiger partial charge in [-0.1, -0.05) is 28.1 Å². The molecule has 4 nitrogen and oxygen atoms in total. The molecule has 0 N–H and O–H groups in total. The molecule has 2 aromatic carbocycles. The summed E-state index contributed by atoms with van der Waals surface area (Å²) in [5.74, 6) is -0.598. The Morgan fingerprint density at radius 1 is 1.21 bits per heavy atom. The van der Waals surface area contributed by atoms with E-state index in [4.69, 9.17) is 0 Å². The van der Waals surface area contributed by atoms with Crippen LogP contribution in [0.15, 0.2) is 51.9 Å². The number of non-ortho nitro benzene ring substituents is 1. The number of nitro benzene ring substituents is 1. The van der Waals surface area contributed by atoms with Crippen molar-refractivity contribution in [1.29, 1.82) is 0 Å². The SMILES string of the molecule is O=[N+]([O-])c1ccc(F)c(N=Cc2ccc(Br)cc2)c1. The first-order valence-electron chi connectivity index (χ1n) is 5.30. The molecule has 0 aromatic heterocycles. The molecule has 0 amide bonds. The number of rotatable bonds is 3. The van der Waals surface area contributed by atoms with Gasteiger partial charge in [-0.15, -0.1) is 0 Å². The minimum Gasteiger partial charge on any atom is -0.258 e. The lowest BCUT2D eigenvalue weighted by molar-refractivity contribution is -0.384. The molecule has 2 rings (SSSR count). The van der Waals surface area contributed by atoms with Crippen molar-refractivity contribution < 1.29 is 9.31 Å². The van der Waals surface area contributed by atoms with E-state index < -0.39 is 10.7 Å². The highest BCUT2D eigenvalue weighted by Crippen LogP contribution is 2.23. The molecule has 6 heteroatoms. The highest BCUT2D eigenvalue weighted by Gasteiger charge is 2.09. The second kappa shape index (κ2) is 5.71. The van der Waals surface area contributed by atoms with Gasteiger partial charge in [-0.3, -0.25) is 15.1 Å². The molecule has 0 radical (unpaired) electrons. The van der Waals surface area contributed by atoms with Crippen LogP contribution in [0.5, 0.6) is 0 Å². The lowest BCUT2D eigenvalue weighted by Gasteiger charge is -1.97. The number of benzene rings is 2. The van der Waals surface area contributed by atoms with Gasteiger partial charge >= 0.3 is 0 Å². The van der Waals surface area contributed by atoms with E-state index in [9.17, 15) is 14.5 Å². The molecule has 19 heavy (non-hydrogen) atoms. The Kier molecular flexibility index (Phi) is 4.01. The first-order valence-corrected chi connectivity index (χ1v) is 6.09. The molecule has 0 aliphatic heterocycles. The Hall–Kier alpha value is -2.08. The molecule has 0 bridgehead atoms. The molecular formula is C13H8BrFN2O2. The van der Waals surface area contributed by atoms with Crippen LogP contribution in [-0.4, -0.2) is 11.1 Å². The van der Waals surface area contributed by atoms with Crippen molar-refractivity contribution in [3.63, 3.8) is 0 Å².